The van der Waals surface area contributed by atoms with Gasteiger partial charge in [0, 0.05) is 30.4 Å². The zero-order valence-corrected chi connectivity index (χ0v) is 16.0. The number of amides is 2. The lowest BCUT2D eigenvalue weighted by atomic mass is 9.99. The number of thiazole rings is 1. The van der Waals surface area contributed by atoms with Crippen LogP contribution < -0.4 is 10.6 Å². The minimum absolute atomic E-state index is 0.0168. The number of aromatic nitrogens is 1. The Kier molecular flexibility index (Phi) is 6.78. The Morgan fingerprint density at radius 2 is 2.24 bits per heavy atom. The number of likely N-dealkylation sites (tertiary alicyclic amines) is 1. The quantitative estimate of drug-likeness (QED) is 0.687. The van der Waals surface area contributed by atoms with Crippen molar-refractivity contribution in [3.8, 4) is 0 Å². The van der Waals surface area contributed by atoms with E-state index in [0.29, 0.717) is 11.6 Å². The van der Waals surface area contributed by atoms with Crippen LogP contribution in [0.5, 0.6) is 0 Å². The molecule has 1 atom stereocenters. The normalized spacial score (nSPS) is 18.8. The lowest BCUT2D eigenvalue weighted by molar-refractivity contribution is -0.137. The van der Waals surface area contributed by atoms with E-state index in [1.807, 2.05) is 5.38 Å². The fraction of sp³-hybridized carbons (Fsp3) is 0.706. The average molecular weight is 369 g/mol. The summed E-state index contributed by atoms with van der Waals surface area (Å²) < 4.78 is 0. The van der Waals surface area contributed by atoms with E-state index in [2.05, 4.69) is 27.4 Å². The highest BCUT2D eigenvalue weighted by atomic mass is 32.1. The third-order valence-electron chi connectivity index (χ3n) is 4.31. The average Bonchev–Trinajstić information content (AvgIpc) is 2.91. The topological polar surface area (TPSA) is 94.6 Å². The van der Waals surface area contributed by atoms with Crippen LogP contribution in [0.15, 0.2) is 5.38 Å². The summed E-state index contributed by atoms with van der Waals surface area (Å²) in [4.78, 5) is 29.7. The zero-order chi connectivity index (χ0) is 18.4. The molecular weight excluding hydrogens is 340 g/mol. The Bertz CT molecular complexity index is 602. The summed E-state index contributed by atoms with van der Waals surface area (Å²) in [5.41, 5.74) is 0.381. The van der Waals surface area contributed by atoms with Crippen molar-refractivity contribution in [3.63, 3.8) is 0 Å². The van der Waals surface area contributed by atoms with Gasteiger partial charge in [-0.25, -0.2) is 9.78 Å². The summed E-state index contributed by atoms with van der Waals surface area (Å²) in [5.74, 6) is -0.143. The Hall–Kier alpha value is -1.67. The molecule has 1 saturated heterocycles. The highest BCUT2D eigenvalue weighted by Crippen LogP contribution is 2.21. The molecule has 0 saturated carbocycles. The van der Waals surface area contributed by atoms with Crippen molar-refractivity contribution >= 4 is 28.5 Å². The van der Waals surface area contributed by atoms with Crippen molar-refractivity contribution in [2.24, 2.45) is 5.92 Å². The Morgan fingerprint density at radius 1 is 1.48 bits per heavy atom. The van der Waals surface area contributed by atoms with Crippen LogP contribution in [-0.4, -0.2) is 45.6 Å². The van der Waals surface area contributed by atoms with Crippen LogP contribution in [0.2, 0.25) is 0 Å². The van der Waals surface area contributed by atoms with Gasteiger partial charge < -0.3 is 10.4 Å². The van der Waals surface area contributed by atoms with Crippen molar-refractivity contribution in [2.75, 3.05) is 18.4 Å². The molecule has 0 aromatic carbocycles. The van der Waals surface area contributed by atoms with Gasteiger partial charge in [0.1, 0.15) is 0 Å². The van der Waals surface area contributed by atoms with Crippen molar-refractivity contribution in [1.82, 2.24) is 15.2 Å². The van der Waals surface area contributed by atoms with E-state index in [4.69, 9.17) is 5.11 Å². The monoisotopic (exact) mass is 368 g/mol. The van der Waals surface area contributed by atoms with Gasteiger partial charge in [-0.1, -0.05) is 6.92 Å². The first-order chi connectivity index (χ1) is 11.7. The van der Waals surface area contributed by atoms with E-state index >= 15 is 0 Å². The zero-order valence-electron chi connectivity index (χ0n) is 15.2. The first-order valence-corrected chi connectivity index (χ1v) is 9.59. The van der Waals surface area contributed by atoms with Gasteiger partial charge in [0.15, 0.2) is 5.13 Å². The maximum atomic E-state index is 12.1. The highest BCUT2D eigenvalue weighted by Gasteiger charge is 2.22. The number of anilines is 1. The summed E-state index contributed by atoms with van der Waals surface area (Å²) in [5, 5.41) is 16.8. The van der Waals surface area contributed by atoms with Crippen LogP contribution in [0, 0.1) is 5.92 Å². The molecule has 1 aromatic heterocycles. The predicted octanol–water partition coefficient (Wildman–Crippen LogP) is 3.14. The molecule has 0 aliphatic carbocycles. The highest BCUT2D eigenvalue weighted by molar-refractivity contribution is 7.13. The molecule has 1 unspecified atom stereocenters. The van der Waals surface area contributed by atoms with E-state index in [-0.39, 0.29) is 12.5 Å². The number of carbonyl (C=O) groups excluding carboxylic acids is 1. The number of hydrogen-bond acceptors (Lipinski definition) is 5. The number of carbonyl (C=O) groups is 2. The van der Waals surface area contributed by atoms with Crippen LogP contribution in [0.3, 0.4) is 0 Å². The van der Waals surface area contributed by atoms with Crippen LogP contribution in [0.25, 0.3) is 0 Å². The van der Waals surface area contributed by atoms with Gasteiger partial charge in [-0.3, -0.25) is 15.0 Å². The molecule has 0 spiro atoms. The lowest BCUT2D eigenvalue weighted by Gasteiger charge is -2.30. The SMILES string of the molecule is CC1CCCN(Cc2csc(NC(=O)NC(C)(C)CCC(=O)O)n2)C1. The molecule has 1 fully saturated rings. The number of nitrogens with one attached hydrogen (secondary N) is 2. The maximum absolute atomic E-state index is 12.1. The van der Waals surface area contributed by atoms with Gasteiger partial charge in [-0.15, -0.1) is 11.3 Å². The lowest BCUT2D eigenvalue weighted by Crippen LogP contribution is -2.45. The van der Waals surface area contributed by atoms with Crippen molar-refractivity contribution in [2.45, 2.75) is 58.5 Å². The summed E-state index contributed by atoms with van der Waals surface area (Å²) in [6.45, 7) is 8.90. The molecule has 2 heterocycles. The second-order valence-electron chi connectivity index (χ2n) is 7.48. The molecule has 7 nitrogen and oxygen atoms in total. The van der Waals surface area contributed by atoms with E-state index < -0.39 is 11.5 Å². The first-order valence-electron chi connectivity index (χ1n) is 8.71. The molecule has 0 radical (unpaired) electrons. The van der Waals surface area contributed by atoms with Crippen LogP contribution in [0.4, 0.5) is 9.93 Å². The molecule has 1 aliphatic rings. The number of rotatable bonds is 7. The standard InChI is InChI=1S/C17H28N4O3S/c1-12-5-4-8-21(9-12)10-13-11-25-16(18-13)19-15(24)20-17(2,3)7-6-14(22)23/h11-12H,4-10H2,1-3H3,(H,22,23)(H2,18,19,20,24). The predicted molar refractivity (Wildman–Crippen MR) is 98.9 cm³/mol. The van der Waals surface area contributed by atoms with E-state index in [9.17, 15) is 9.59 Å². The van der Waals surface area contributed by atoms with Crippen molar-refractivity contribution in [1.29, 1.82) is 0 Å². The Balaban J connectivity index is 1.81. The fourth-order valence-electron chi connectivity index (χ4n) is 3.01. The van der Waals surface area contributed by atoms with Gasteiger partial charge in [-0.05, 0) is 45.6 Å². The Labute approximate surface area is 152 Å². The van der Waals surface area contributed by atoms with Gasteiger partial charge in [0.05, 0.1) is 5.69 Å². The number of hydrogen-bond donors (Lipinski definition) is 3. The molecule has 0 bridgehead atoms. The van der Waals surface area contributed by atoms with E-state index in [1.165, 1.54) is 24.2 Å². The summed E-state index contributed by atoms with van der Waals surface area (Å²) in [6.07, 6.45) is 2.90. The molecule has 2 rings (SSSR count). The van der Waals surface area contributed by atoms with Crippen LogP contribution in [-0.2, 0) is 11.3 Å². The number of nitrogens with zero attached hydrogens (tertiary/aromatic N) is 2. The third-order valence-corrected chi connectivity index (χ3v) is 5.12. The van der Waals surface area contributed by atoms with Gasteiger partial charge >= 0.3 is 12.0 Å². The number of piperidine rings is 1. The number of carboxylic acid groups (broad SMARTS) is 1. The van der Waals surface area contributed by atoms with E-state index in [0.717, 1.165) is 31.2 Å². The van der Waals surface area contributed by atoms with E-state index in [1.54, 1.807) is 13.8 Å². The number of aliphatic carboxylic acids is 1. The minimum Gasteiger partial charge on any atom is -0.481 e. The molecular formula is C17H28N4O3S. The van der Waals surface area contributed by atoms with Gasteiger partial charge in [0.2, 0.25) is 0 Å². The Morgan fingerprint density at radius 3 is 2.92 bits per heavy atom. The number of urea groups is 1. The van der Waals surface area contributed by atoms with Crippen molar-refractivity contribution < 1.29 is 14.7 Å². The smallest absolute Gasteiger partial charge is 0.321 e. The summed E-state index contributed by atoms with van der Waals surface area (Å²) in [6, 6.07) is -0.358. The van der Waals surface area contributed by atoms with Gasteiger partial charge in [0.25, 0.3) is 0 Å². The molecule has 25 heavy (non-hydrogen) atoms. The molecule has 1 aromatic rings. The molecule has 1 aliphatic heterocycles. The minimum atomic E-state index is -0.869. The maximum Gasteiger partial charge on any atom is 0.321 e. The van der Waals surface area contributed by atoms with Gasteiger partial charge in [-0.2, -0.15) is 0 Å². The molecule has 3 N–H and O–H groups in total. The summed E-state index contributed by atoms with van der Waals surface area (Å²) >= 11 is 1.41. The fourth-order valence-corrected chi connectivity index (χ4v) is 3.71. The number of carboxylic acids is 1. The largest absolute Gasteiger partial charge is 0.481 e. The van der Waals surface area contributed by atoms with Crippen molar-refractivity contribution in [3.05, 3.63) is 11.1 Å². The van der Waals surface area contributed by atoms with Crippen LogP contribution >= 0.6 is 11.3 Å². The molecule has 140 valence electrons. The second-order valence-corrected chi connectivity index (χ2v) is 8.34. The van der Waals surface area contributed by atoms with Crippen LogP contribution in [0.1, 0.15) is 52.1 Å². The first kappa shape index (κ1) is 19.7. The summed E-state index contributed by atoms with van der Waals surface area (Å²) in [7, 11) is 0. The molecule has 8 heteroatoms. The third kappa shape index (κ3) is 6.99. The second kappa shape index (κ2) is 8.62. The molecule has 2 amide bonds.